The lowest BCUT2D eigenvalue weighted by molar-refractivity contribution is 0.220. The third-order valence-corrected chi connectivity index (χ3v) is 4.05. The molecule has 1 atom stereocenters. The van der Waals surface area contributed by atoms with Gasteiger partial charge >= 0.3 is 6.03 Å². The van der Waals surface area contributed by atoms with E-state index in [2.05, 4.69) is 5.32 Å². The van der Waals surface area contributed by atoms with Gasteiger partial charge in [-0.3, -0.25) is 4.21 Å². The first kappa shape index (κ1) is 16.2. The zero-order valence-corrected chi connectivity index (χ0v) is 13.2. The second-order valence-corrected chi connectivity index (χ2v) is 6.22. The first-order valence-electron chi connectivity index (χ1n) is 6.66. The van der Waals surface area contributed by atoms with E-state index in [1.807, 2.05) is 30.3 Å². The molecule has 0 heterocycles. The first-order valence-corrected chi connectivity index (χ1v) is 8.22. The fourth-order valence-corrected chi connectivity index (χ4v) is 2.55. The first-order chi connectivity index (χ1) is 10.5. The Morgan fingerprint density at radius 3 is 2.50 bits per heavy atom. The third kappa shape index (κ3) is 4.14. The predicted octanol–water partition coefficient (Wildman–Crippen LogP) is 3.23. The molecule has 22 heavy (non-hydrogen) atoms. The summed E-state index contributed by atoms with van der Waals surface area (Å²) in [5.74, 6) is -0.593. The van der Waals surface area contributed by atoms with Crippen molar-refractivity contribution in [2.45, 2.75) is 11.4 Å². The van der Waals surface area contributed by atoms with Crippen molar-refractivity contribution in [1.29, 1.82) is 0 Å². The predicted molar refractivity (Wildman–Crippen MR) is 85.7 cm³/mol. The number of urea groups is 1. The lowest BCUT2D eigenvalue weighted by Crippen LogP contribution is -2.30. The number of hydrogen-bond acceptors (Lipinski definition) is 2. The lowest BCUT2D eigenvalue weighted by Gasteiger charge is -2.18. The van der Waals surface area contributed by atoms with Crippen molar-refractivity contribution in [1.82, 2.24) is 4.90 Å². The number of benzene rings is 2. The molecule has 0 aliphatic heterocycles. The van der Waals surface area contributed by atoms with E-state index in [1.165, 1.54) is 29.4 Å². The summed E-state index contributed by atoms with van der Waals surface area (Å²) in [4.78, 5) is 13.7. The molecule has 6 heteroatoms. The molecule has 0 aromatic heterocycles. The average molecular weight is 320 g/mol. The van der Waals surface area contributed by atoms with E-state index in [1.54, 1.807) is 7.05 Å². The zero-order valence-electron chi connectivity index (χ0n) is 12.4. The lowest BCUT2D eigenvalue weighted by atomic mass is 10.2. The molecule has 2 amide bonds. The highest BCUT2D eigenvalue weighted by Gasteiger charge is 2.12. The SMILES string of the molecule is CN(Cc1ccccc1)C(=O)Nc1ccc([S@@](C)=O)c(F)c1. The van der Waals surface area contributed by atoms with E-state index < -0.39 is 16.6 Å². The number of hydrogen-bond donors (Lipinski definition) is 1. The van der Waals surface area contributed by atoms with Crippen LogP contribution in [0.5, 0.6) is 0 Å². The maximum atomic E-state index is 13.7. The number of carbonyl (C=O) groups is 1. The molecule has 0 saturated heterocycles. The minimum absolute atomic E-state index is 0.121. The van der Waals surface area contributed by atoms with Gasteiger partial charge in [0, 0.05) is 25.5 Å². The van der Waals surface area contributed by atoms with Crippen molar-refractivity contribution in [3.8, 4) is 0 Å². The molecule has 0 saturated carbocycles. The smallest absolute Gasteiger partial charge is 0.321 e. The molecule has 0 radical (unpaired) electrons. The van der Waals surface area contributed by atoms with Gasteiger partial charge in [-0.25, -0.2) is 9.18 Å². The molecule has 2 rings (SSSR count). The molecule has 2 aromatic rings. The maximum Gasteiger partial charge on any atom is 0.321 e. The molecular formula is C16H17FN2O2S. The molecule has 0 spiro atoms. The third-order valence-electron chi connectivity index (χ3n) is 3.10. The number of halogens is 1. The molecular weight excluding hydrogens is 303 g/mol. The second-order valence-electron chi connectivity index (χ2n) is 4.87. The molecule has 0 unspecified atom stereocenters. The summed E-state index contributed by atoms with van der Waals surface area (Å²) < 4.78 is 25.0. The Labute approximate surface area is 131 Å². The highest BCUT2D eigenvalue weighted by atomic mass is 32.2. The zero-order chi connectivity index (χ0) is 16.1. The fourth-order valence-electron chi connectivity index (χ4n) is 1.96. The second kappa shape index (κ2) is 7.17. The monoisotopic (exact) mass is 320 g/mol. The van der Waals surface area contributed by atoms with Crippen molar-refractivity contribution in [3.63, 3.8) is 0 Å². The quantitative estimate of drug-likeness (QED) is 0.940. The van der Waals surface area contributed by atoms with Crippen LogP contribution in [0.25, 0.3) is 0 Å². The molecule has 4 nitrogen and oxygen atoms in total. The van der Waals surface area contributed by atoms with Gasteiger partial charge in [-0.1, -0.05) is 30.3 Å². The van der Waals surface area contributed by atoms with Gasteiger partial charge < -0.3 is 10.2 Å². The Kier molecular flexibility index (Phi) is 5.27. The van der Waals surface area contributed by atoms with Crippen LogP contribution in [0.1, 0.15) is 5.56 Å². The van der Waals surface area contributed by atoms with Gasteiger partial charge in [0.15, 0.2) is 0 Å². The number of nitrogens with one attached hydrogen (secondary N) is 1. The summed E-state index contributed by atoms with van der Waals surface area (Å²) in [5, 5.41) is 2.62. The minimum Gasteiger partial charge on any atom is -0.323 e. The number of carbonyl (C=O) groups excluding carboxylic acids is 1. The van der Waals surface area contributed by atoms with Crippen LogP contribution in [0.2, 0.25) is 0 Å². The highest BCUT2D eigenvalue weighted by Crippen LogP contribution is 2.17. The Morgan fingerprint density at radius 1 is 1.23 bits per heavy atom. The summed E-state index contributed by atoms with van der Waals surface area (Å²) in [7, 11) is 0.266. The Balaban J connectivity index is 2.02. The highest BCUT2D eigenvalue weighted by molar-refractivity contribution is 7.84. The topological polar surface area (TPSA) is 49.4 Å². The van der Waals surface area contributed by atoms with Crippen LogP contribution >= 0.6 is 0 Å². The van der Waals surface area contributed by atoms with Crippen LogP contribution in [-0.2, 0) is 17.3 Å². The Morgan fingerprint density at radius 2 is 1.91 bits per heavy atom. The van der Waals surface area contributed by atoms with Gasteiger partial charge in [0.2, 0.25) is 0 Å². The Hall–Kier alpha value is -2.21. The molecule has 1 N–H and O–H groups in total. The molecule has 116 valence electrons. The summed E-state index contributed by atoms with van der Waals surface area (Å²) in [6.45, 7) is 0.451. The normalized spacial score (nSPS) is 11.8. The van der Waals surface area contributed by atoms with E-state index in [4.69, 9.17) is 0 Å². The number of amides is 2. The van der Waals surface area contributed by atoms with Gasteiger partial charge in [-0.15, -0.1) is 0 Å². The largest absolute Gasteiger partial charge is 0.323 e. The van der Waals surface area contributed by atoms with E-state index >= 15 is 0 Å². The molecule has 0 bridgehead atoms. The van der Waals surface area contributed by atoms with Gasteiger partial charge in [0.1, 0.15) is 5.82 Å². The van der Waals surface area contributed by atoms with E-state index in [-0.39, 0.29) is 10.9 Å². The van der Waals surface area contributed by atoms with Crippen LogP contribution in [-0.4, -0.2) is 28.4 Å². The molecule has 0 fully saturated rings. The van der Waals surface area contributed by atoms with Crippen molar-refractivity contribution < 1.29 is 13.4 Å². The molecule has 0 aliphatic rings. The van der Waals surface area contributed by atoms with Crippen LogP contribution in [0.4, 0.5) is 14.9 Å². The van der Waals surface area contributed by atoms with Crippen molar-refractivity contribution in [3.05, 3.63) is 59.9 Å². The van der Waals surface area contributed by atoms with Crippen LogP contribution in [0.15, 0.2) is 53.4 Å². The van der Waals surface area contributed by atoms with E-state index in [0.29, 0.717) is 12.2 Å². The number of anilines is 1. The van der Waals surface area contributed by atoms with Gasteiger partial charge in [0.05, 0.1) is 15.7 Å². The van der Waals surface area contributed by atoms with Gasteiger partial charge in [-0.05, 0) is 23.8 Å². The standard InChI is InChI=1S/C16H17FN2O2S/c1-19(11-12-6-4-3-5-7-12)16(20)18-13-8-9-15(22(2)21)14(17)10-13/h3-10H,11H2,1-2H3,(H,18,20)/t22-/m1/s1. The van der Waals surface area contributed by atoms with Crippen molar-refractivity contribution in [2.24, 2.45) is 0 Å². The van der Waals surface area contributed by atoms with E-state index in [9.17, 15) is 13.4 Å². The number of rotatable bonds is 4. The minimum atomic E-state index is -1.39. The maximum absolute atomic E-state index is 13.7. The van der Waals surface area contributed by atoms with Crippen LogP contribution in [0.3, 0.4) is 0 Å². The molecule has 0 aliphatic carbocycles. The van der Waals surface area contributed by atoms with Gasteiger partial charge in [-0.2, -0.15) is 0 Å². The summed E-state index contributed by atoms with van der Waals surface area (Å²) >= 11 is 0. The van der Waals surface area contributed by atoms with Crippen LogP contribution < -0.4 is 5.32 Å². The van der Waals surface area contributed by atoms with Gasteiger partial charge in [0.25, 0.3) is 0 Å². The van der Waals surface area contributed by atoms with E-state index in [0.717, 1.165) is 5.56 Å². The Bertz CT molecular complexity index is 692. The summed E-state index contributed by atoms with van der Waals surface area (Å²) in [6.07, 6.45) is 1.41. The fraction of sp³-hybridized carbons (Fsp3) is 0.188. The molecule has 2 aromatic carbocycles. The van der Waals surface area contributed by atoms with Crippen LogP contribution in [0, 0.1) is 5.82 Å². The van der Waals surface area contributed by atoms with Crippen molar-refractivity contribution >= 4 is 22.5 Å². The number of nitrogens with zero attached hydrogens (tertiary/aromatic N) is 1. The average Bonchev–Trinajstić information content (AvgIpc) is 2.47. The summed E-state index contributed by atoms with van der Waals surface area (Å²) in [5.41, 5.74) is 1.33. The summed E-state index contributed by atoms with van der Waals surface area (Å²) in [6, 6.07) is 13.3. The van der Waals surface area contributed by atoms with Crippen molar-refractivity contribution in [2.75, 3.05) is 18.6 Å².